The quantitative estimate of drug-likeness (QED) is 0.629. The number of Topliss-reactive ketones (excluding diaryl/α,β-unsaturated/α-hetero) is 1. The molecule has 1 atom stereocenters. The fourth-order valence-electron chi connectivity index (χ4n) is 0.684. The predicted molar refractivity (Wildman–Crippen MR) is 55.1 cm³/mol. The summed E-state index contributed by atoms with van der Waals surface area (Å²) in [6.07, 6.45) is 1.96. The molecule has 3 heteroatoms. The molecule has 0 aromatic heterocycles. The zero-order valence-corrected chi connectivity index (χ0v) is 9.16. The van der Waals surface area contributed by atoms with E-state index in [9.17, 15) is 9.00 Å². The summed E-state index contributed by atoms with van der Waals surface area (Å²) in [6.45, 7) is 5.61. The van der Waals surface area contributed by atoms with E-state index in [4.69, 9.17) is 0 Å². The second kappa shape index (κ2) is 3.60. The van der Waals surface area contributed by atoms with Crippen molar-refractivity contribution in [2.24, 2.45) is 5.41 Å². The standard InChI is InChI=1S/C9H18O2S/c1-9(2,3)8(10)6-7-12(4,5)11/h4,6-7H2,1-3,5H3. The molecular formula is C9H18O2S. The lowest BCUT2D eigenvalue weighted by Crippen LogP contribution is -2.22. The highest BCUT2D eigenvalue weighted by Gasteiger charge is 2.20. The van der Waals surface area contributed by atoms with Gasteiger partial charge in [-0.05, 0) is 15.4 Å². The Morgan fingerprint density at radius 1 is 1.42 bits per heavy atom. The van der Waals surface area contributed by atoms with Gasteiger partial charge in [-0.25, -0.2) is 0 Å². The van der Waals surface area contributed by atoms with E-state index in [1.54, 1.807) is 6.26 Å². The number of ketones is 1. The first kappa shape index (κ1) is 11.7. The minimum atomic E-state index is -2.00. The van der Waals surface area contributed by atoms with Crippen molar-refractivity contribution in [3.8, 4) is 0 Å². The Morgan fingerprint density at radius 2 is 1.83 bits per heavy atom. The largest absolute Gasteiger partial charge is 0.299 e. The highest BCUT2D eigenvalue weighted by Crippen LogP contribution is 2.16. The molecule has 0 bridgehead atoms. The van der Waals surface area contributed by atoms with Crippen molar-refractivity contribution in [1.82, 2.24) is 0 Å². The zero-order chi connectivity index (χ0) is 9.99. The van der Waals surface area contributed by atoms with Crippen LogP contribution in [0.1, 0.15) is 27.2 Å². The number of carbonyl (C=O) groups excluding carboxylic acids is 1. The molecule has 2 nitrogen and oxygen atoms in total. The van der Waals surface area contributed by atoms with Crippen molar-refractivity contribution in [3.63, 3.8) is 0 Å². The first-order valence-electron chi connectivity index (χ1n) is 3.96. The lowest BCUT2D eigenvalue weighted by atomic mass is 9.89. The Bertz CT molecular complexity index is 255. The monoisotopic (exact) mass is 190 g/mol. The second-order valence-corrected chi connectivity index (χ2v) is 7.09. The maximum Gasteiger partial charge on any atom is 0.139 e. The lowest BCUT2D eigenvalue weighted by Gasteiger charge is -2.16. The van der Waals surface area contributed by atoms with Crippen LogP contribution >= 0.6 is 0 Å². The van der Waals surface area contributed by atoms with Gasteiger partial charge in [-0.15, -0.1) is 0 Å². The van der Waals surface area contributed by atoms with Crippen LogP contribution in [0.4, 0.5) is 0 Å². The Kier molecular flexibility index (Phi) is 3.51. The molecule has 0 saturated carbocycles. The van der Waals surface area contributed by atoms with Crippen molar-refractivity contribution >= 4 is 21.2 Å². The molecule has 0 rings (SSSR count). The average molecular weight is 190 g/mol. The molecular weight excluding hydrogens is 172 g/mol. The van der Waals surface area contributed by atoms with Gasteiger partial charge in [0.25, 0.3) is 0 Å². The number of carbonyl (C=O) groups is 1. The second-order valence-electron chi connectivity index (χ2n) is 4.31. The highest BCUT2D eigenvalue weighted by atomic mass is 32.2. The van der Waals surface area contributed by atoms with Crippen LogP contribution in [0.2, 0.25) is 0 Å². The van der Waals surface area contributed by atoms with Gasteiger partial charge >= 0.3 is 0 Å². The minimum Gasteiger partial charge on any atom is -0.299 e. The summed E-state index contributed by atoms with van der Waals surface area (Å²) in [4.78, 5) is 11.4. The molecule has 1 unspecified atom stereocenters. The Morgan fingerprint density at radius 3 is 2.08 bits per heavy atom. The first-order valence-corrected chi connectivity index (χ1v) is 6.26. The molecule has 0 radical (unpaired) electrons. The van der Waals surface area contributed by atoms with E-state index >= 15 is 0 Å². The molecule has 0 aliphatic heterocycles. The van der Waals surface area contributed by atoms with E-state index in [2.05, 4.69) is 5.87 Å². The van der Waals surface area contributed by atoms with Gasteiger partial charge in [-0.3, -0.25) is 9.00 Å². The van der Waals surface area contributed by atoms with Crippen LogP contribution in [0.15, 0.2) is 0 Å². The summed E-state index contributed by atoms with van der Waals surface area (Å²) in [5, 5.41) is 0. The molecule has 0 saturated heterocycles. The molecule has 0 aliphatic rings. The van der Waals surface area contributed by atoms with Gasteiger partial charge in [0.2, 0.25) is 0 Å². The van der Waals surface area contributed by atoms with E-state index in [-0.39, 0.29) is 11.2 Å². The van der Waals surface area contributed by atoms with Crippen LogP contribution in [-0.2, 0) is 14.3 Å². The Hall–Kier alpha value is -0.310. The molecule has 0 heterocycles. The van der Waals surface area contributed by atoms with Crippen LogP contribution in [0.25, 0.3) is 0 Å². The van der Waals surface area contributed by atoms with Gasteiger partial charge < -0.3 is 0 Å². The summed E-state index contributed by atoms with van der Waals surface area (Å²) in [5.41, 5.74) is -0.315. The predicted octanol–water partition coefficient (Wildman–Crippen LogP) is 1.34. The maximum absolute atomic E-state index is 11.4. The van der Waals surface area contributed by atoms with Crippen molar-refractivity contribution in [2.75, 3.05) is 12.0 Å². The fraction of sp³-hybridized carbons (Fsp3) is 0.778. The molecule has 0 aromatic carbocycles. The molecule has 0 N–H and O–H groups in total. The summed E-state index contributed by atoms with van der Waals surface area (Å²) in [7, 11) is -2.00. The first-order chi connectivity index (χ1) is 5.13. The third kappa shape index (κ3) is 5.35. The summed E-state index contributed by atoms with van der Waals surface area (Å²) < 4.78 is 11.2. The van der Waals surface area contributed by atoms with Crippen LogP contribution in [-0.4, -0.2) is 27.9 Å². The smallest absolute Gasteiger partial charge is 0.139 e. The van der Waals surface area contributed by atoms with E-state index in [1.165, 1.54) is 0 Å². The van der Waals surface area contributed by atoms with Crippen LogP contribution in [0, 0.1) is 5.41 Å². The molecule has 0 aromatic rings. The van der Waals surface area contributed by atoms with Gasteiger partial charge in [0, 0.05) is 23.8 Å². The van der Waals surface area contributed by atoms with Gasteiger partial charge in [-0.2, -0.15) is 0 Å². The number of hydrogen-bond acceptors (Lipinski definition) is 2. The van der Waals surface area contributed by atoms with E-state index in [1.807, 2.05) is 20.8 Å². The van der Waals surface area contributed by atoms with Gasteiger partial charge in [0.05, 0.1) is 0 Å². The molecule has 72 valence electrons. The minimum absolute atomic E-state index is 0.153. The SMILES string of the molecule is C=S(C)(=O)CCC(=O)C(C)(C)C. The lowest BCUT2D eigenvalue weighted by molar-refractivity contribution is -0.125. The molecule has 0 amide bonds. The van der Waals surface area contributed by atoms with Crippen molar-refractivity contribution < 1.29 is 9.00 Å². The molecule has 0 spiro atoms. The topological polar surface area (TPSA) is 34.1 Å². The maximum atomic E-state index is 11.4. The Labute approximate surface area is 75.4 Å². The average Bonchev–Trinajstić information content (AvgIpc) is 1.78. The summed E-state index contributed by atoms with van der Waals surface area (Å²) in [5.74, 6) is 4.06. The zero-order valence-electron chi connectivity index (χ0n) is 8.35. The van der Waals surface area contributed by atoms with E-state index in [0.29, 0.717) is 12.2 Å². The summed E-state index contributed by atoms with van der Waals surface area (Å²) >= 11 is 0. The molecule has 0 fully saturated rings. The number of hydrogen-bond donors (Lipinski definition) is 0. The van der Waals surface area contributed by atoms with Crippen LogP contribution in [0.3, 0.4) is 0 Å². The Balaban J connectivity index is 4.07. The summed E-state index contributed by atoms with van der Waals surface area (Å²) in [6, 6.07) is 0. The third-order valence-corrected chi connectivity index (χ3v) is 2.67. The van der Waals surface area contributed by atoms with Crippen molar-refractivity contribution in [3.05, 3.63) is 0 Å². The van der Waals surface area contributed by atoms with Gasteiger partial charge in [-0.1, -0.05) is 20.8 Å². The van der Waals surface area contributed by atoms with Crippen LogP contribution < -0.4 is 0 Å². The van der Waals surface area contributed by atoms with Gasteiger partial charge in [0.15, 0.2) is 0 Å². The fourth-order valence-corrected chi connectivity index (χ4v) is 1.30. The number of rotatable bonds is 3. The van der Waals surface area contributed by atoms with Crippen LogP contribution in [0.5, 0.6) is 0 Å². The highest BCUT2D eigenvalue weighted by molar-refractivity contribution is 7.99. The molecule has 12 heavy (non-hydrogen) atoms. The van der Waals surface area contributed by atoms with Crippen molar-refractivity contribution in [1.29, 1.82) is 0 Å². The normalized spacial score (nSPS) is 17.0. The molecule has 0 aliphatic carbocycles. The third-order valence-electron chi connectivity index (χ3n) is 1.60. The van der Waals surface area contributed by atoms with E-state index < -0.39 is 9.52 Å². The van der Waals surface area contributed by atoms with E-state index in [0.717, 1.165) is 0 Å². The van der Waals surface area contributed by atoms with Crippen molar-refractivity contribution in [2.45, 2.75) is 27.2 Å². The van der Waals surface area contributed by atoms with Gasteiger partial charge in [0.1, 0.15) is 5.78 Å².